The molecule has 1 aromatic heterocycles. The van der Waals surface area contributed by atoms with Crippen LogP contribution in [0.15, 0.2) is 0 Å². The van der Waals surface area contributed by atoms with Gasteiger partial charge < -0.3 is 0 Å². The molecule has 0 radical (unpaired) electrons. The number of aromatic nitrogens is 3. The minimum atomic E-state index is 0.533. The van der Waals surface area contributed by atoms with Crippen molar-refractivity contribution in [2.45, 2.75) is 39.2 Å². The maximum absolute atomic E-state index is 10.7. The van der Waals surface area contributed by atoms with E-state index in [9.17, 15) is 4.79 Å². The fourth-order valence-corrected chi connectivity index (χ4v) is 1.63. The van der Waals surface area contributed by atoms with Crippen LogP contribution < -0.4 is 0 Å². The lowest BCUT2D eigenvalue weighted by molar-refractivity contribution is 0.111. The lowest BCUT2D eigenvalue weighted by atomic mass is 10.2. The van der Waals surface area contributed by atoms with E-state index in [2.05, 4.69) is 17.2 Å². The molecule has 0 amide bonds. The van der Waals surface area contributed by atoms with Gasteiger partial charge >= 0.3 is 0 Å². The Morgan fingerprint density at radius 3 is 2.93 bits per heavy atom. The zero-order chi connectivity index (χ0) is 9.97. The van der Waals surface area contributed by atoms with Gasteiger partial charge in [0.15, 0.2) is 6.29 Å². The average Bonchev–Trinajstić information content (AvgIpc) is 2.91. The third-order valence-corrected chi connectivity index (χ3v) is 2.59. The number of carbonyl (C=O) groups is 1. The summed E-state index contributed by atoms with van der Waals surface area (Å²) in [5, 5.41) is 7.87. The smallest absolute Gasteiger partial charge is 0.172 e. The van der Waals surface area contributed by atoms with Crippen LogP contribution in [0.25, 0.3) is 0 Å². The molecule has 0 unspecified atom stereocenters. The second-order valence-electron chi connectivity index (χ2n) is 3.91. The number of carbonyl (C=O) groups excluding carboxylic acids is 1. The van der Waals surface area contributed by atoms with Gasteiger partial charge in [0.05, 0.1) is 5.69 Å². The quantitative estimate of drug-likeness (QED) is 0.665. The Bertz CT molecular complexity index is 328. The molecule has 1 heterocycles. The van der Waals surface area contributed by atoms with E-state index in [0.29, 0.717) is 5.69 Å². The lowest BCUT2D eigenvalue weighted by Crippen LogP contribution is -2.06. The number of hydrogen-bond acceptors (Lipinski definition) is 3. The Hall–Kier alpha value is -1.19. The minimum absolute atomic E-state index is 0.533. The number of aryl methyl sites for hydroxylation is 1. The average molecular weight is 193 g/mol. The summed E-state index contributed by atoms with van der Waals surface area (Å²) in [6.45, 7) is 2.96. The van der Waals surface area contributed by atoms with E-state index in [0.717, 1.165) is 37.3 Å². The van der Waals surface area contributed by atoms with Crippen LogP contribution in [-0.2, 0) is 13.0 Å². The molecule has 76 valence electrons. The van der Waals surface area contributed by atoms with Crippen molar-refractivity contribution in [2.24, 2.45) is 5.92 Å². The van der Waals surface area contributed by atoms with E-state index >= 15 is 0 Å². The summed E-state index contributed by atoms with van der Waals surface area (Å²) in [5.74, 6) is 0.766. The van der Waals surface area contributed by atoms with Gasteiger partial charge in [0.1, 0.15) is 5.69 Å². The fraction of sp³-hybridized carbons (Fsp3) is 0.700. The number of rotatable bonds is 5. The highest BCUT2D eigenvalue weighted by molar-refractivity contribution is 5.73. The predicted octanol–water partition coefficient (Wildman–Crippen LogP) is 1.45. The Morgan fingerprint density at radius 2 is 2.36 bits per heavy atom. The molecular weight excluding hydrogens is 178 g/mol. The molecule has 0 aromatic carbocycles. The van der Waals surface area contributed by atoms with E-state index in [4.69, 9.17) is 0 Å². The van der Waals surface area contributed by atoms with Crippen LogP contribution >= 0.6 is 0 Å². The van der Waals surface area contributed by atoms with Gasteiger partial charge in [0.25, 0.3) is 0 Å². The van der Waals surface area contributed by atoms with Gasteiger partial charge in [-0.05, 0) is 31.6 Å². The summed E-state index contributed by atoms with van der Waals surface area (Å²) in [5.41, 5.74) is 1.56. The first-order chi connectivity index (χ1) is 6.85. The summed E-state index contributed by atoms with van der Waals surface area (Å²) >= 11 is 0. The summed E-state index contributed by atoms with van der Waals surface area (Å²) in [4.78, 5) is 10.7. The standard InChI is InChI=1S/C10H15N3O/c1-2-5-13-10(6-8-3-4-8)9(7-14)11-12-13/h7-8H,2-6H2,1H3. The van der Waals surface area contributed by atoms with E-state index in [-0.39, 0.29) is 0 Å². The summed E-state index contributed by atoms with van der Waals surface area (Å²) < 4.78 is 1.88. The van der Waals surface area contributed by atoms with Crippen molar-refractivity contribution in [3.8, 4) is 0 Å². The summed E-state index contributed by atoms with van der Waals surface area (Å²) in [7, 11) is 0. The van der Waals surface area contributed by atoms with Gasteiger partial charge in [-0.1, -0.05) is 12.1 Å². The highest BCUT2D eigenvalue weighted by atomic mass is 16.1. The molecule has 1 fully saturated rings. The van der Waals surface area contributed by atoms with Crippen LogP contribution in [0.2, 0.25) is 0 Å². The van der Waals surface area contributed by atoms with Crippen LogP contribution in [0.3, 0.4) is 0 Å². The van der Waals surface area contributed by atoms with Crippen LogP contribution in [-0.4, -0.2) is 21.3 Å². The third kappa shape index (κ3) is 1.84. The molecule has 1 aliphatic rings. The van der Waals surface area contributed by atoms with Gasteiger partial charge in [-0.15, -0.1) is 5.10 Å². The van der Waals surface area contributed by atoms with E-state index in [1.807, 2.05) is 4.68 Å². The first kappa shape index (κ1) is 9.37. The molecule has 4 heteroatoms. The molecule has 2 rings (SSSR count). The Labute approximate surface area is 83.3 Å². The zero-order valence-electron chi connectivity index (χ0n) is 8.44. The molecular formula is C10H15N3O. The molecule has 0 spiro atoms. The molecule has 1 saturated carbocycles. The van der Waals surface area contributed by atoms with Crippen molar-refractivity contribution in [2.75, 3.05) is 0 Å². The van der Waals surface area contributed by atoms with Crippen molar-refractivity contribution < 1.29 is 4.79 Å². The van der Waals surface area contributed by atoms with E-state index in [1.54, 1.807) is 0 Å². The van der Waals surface area contributed by atoms with Gasteiger partial charge in [0.2, 0.25) is 0 Å². The third-order valence-electron chi connectivity index (χ3n) is 2.59. The van der Waals surface area contributed by atoms with Crippen LogP contribution in [0.5, 0.6) is 0 Å². The maximum atomic E-state index is 10.7. The molecule has 0 saturated heterocycles. The molecule has 0 N–H and O–H groups in total. The second kappa shape index (κ2) is 3.90. The molecule has 0 bridgehead atoms. The first-order valence-corrected chi connectivity index (χ1v) is 5.22. The van der Waals surface area contributed by atoms with Crippen molar-refractivity contribution in [3.63, 3.8) is 0 Å². The van der Waals surface area contributed by atoms with Crippen molar-refractivity contribution >= 4 is 6.29 Å². The van der Waals surface area contributed by atoms with Crippen LogP contribution in [0.4, 0.5) is 0 Å². The van der Waals surface area contributed by atoms with Crippen molar-refractivity contribution in [3.05, 3.63) is 11.4 Å². The van der Waals surface area contributed by atoms with Gasteiger partial charge in [-0.3, -0.25) is 4.79 Å². The van der Waals surface area contributed by atoms with Gasteiger partial charge in [-0.2, -0.15) is 0 Å². The predicted molar refractivity (Wildman–Crippen MR) is 52.1 cm³/mol. The highest BCUT2D eigenvalue weighted by Gasteiger charge is 2.25. The highest BCUT2D eigenvalue weighted by Crippen LogP contribution is 2.32. The van der Waals surface area contributed by atoms with E-state index < -0.39 is 0 Å². The summed E-state index contributed by atoms with van der Waals surface area (Å²) in [6, 6.07) is 0. The van der Waals surface area contributed by atoms with Crippen LogP contribution in [0.1, 0.15) is 42.4 Å². The number of hydrogen-bond donors (Lipinski definition) is 0. The normalized spacial score (nSPS) is 15.8. The molecule has 14 heavy (non-hydrogen) atoms. The molecule has 0 atom stereocenters. The minimum Gasteiger partial charge on any atom is -0.296 e. The Kier molecular flexibility index (Phi) is 2.61. The maximum Gasteiger partial charge on any atom is 0.172 e. The molecule has 1 aromatic rings. The van der Waals surface area contributed by atoms with E-state index in [1.165, 1.54) is 12.8 Å². The van der Waals surface area contributed by atoms with Crippen molar-refractivity contribution in [1.29, 1.82) is 0 Å². The van der Waals surface area contributed by atoms with Gasteiger partial charge in [-0.25, -0.2) is 4.68 Å². The molecule has 1 aliphatic carbocycles. The molecule has 4 nitrogen and oxygen atoms in total. The Balaban J connectivity index is 2.19. The largest absolute Gasteiger partial charge is 0.296 e. The number of nitrogens with zero attached hydrogens (tertiary/aromatic N) is 3. The monoisotopic (exact) mass is 193 g/mol. The topological polar surface area (TPSA) is 47.8 Å². The molecule has 0 aliphatic heterocycles. The zero-order valence-corrected chi connectivity index (χ0v) is 8.44. The summed E-state index contributed by atoms with van der Waals surface area (Å²) in [6.07, 6.45) is 5.39. The SMILES string of the molecule is CCCn1nnc(C=O)c1CC1CC1. The fourth-order valence-electron chi connectivity index (χ4n) is 1.63. The second-order valence-corrected chi connectivity index (χ2v) is 3.91. The van der Waals surface area contributed by atoms with Crippen molar-refractivity contribution in [1.82, 2.24) is 15.0 Å². The number of aldehydes is 1. The van der Waals surface area contributed by atoms with Crippen LogP contribution in [0, 0.1) is 5.92 Å². The first-order valence-electron chi connectivity index (χ1n) is 5.22. The lowest BCUT2D eigenvalue weighted by Gasteiger charge is -2.03. The van der Waals surface area contributed by atoms with Gasteiger partial charge in [0, 0.05) is 6.54 Å². The Morgan fingerprint density at radius 1 is 1.57 bits per heavy atom.